The number of rotatable bonds is 5. The third-order valence-corrected chi connectivity index (χ3v) is 3.51. The first-order valence-corrected chi connectivity index (χ1v) is 7.28. The maximum absolute atomic E-state index is 13.7. The Bertz CT molecular complexity index is 723. The summed E-state index contributed by atoms with van der Waals surface area (Å²) in [5.74, 6) is -1.54. The van der Waals surface area contributed by atoms with Crippen molar-refractivity contribution in [1.29, 1.82) is 0 Å². The van der Waals surface area contributed by atoms with Crippen molar-refractivity contribution in [2.24, 2.45) is 5.73 Å². The summed E-state index contributed by atoms with van der Waals surface area (Å²) >= 11 is 0. The molecule has 0 bridgehead atoms. The first-order chi connectivity index (χ1) is 10.9. The molecule has 2 amide bonds. The van der Waals surface area contributed by atoms with Crippen LogP contribution in [-0.4, -0.2) is 17.9 Å². The van der Waals surface area contributed by atoms with Crippen LogP contribution in [0.4, 0.5) is 4.39 Å². The number of nitrogens with one attached hydrogen (secondary N) is 1. The Morgan fingerprint density at radius 2 is 1.74 bits per heavy atom. The van der Waals surface area contributed by atoms with E-state index in [0.29, 0.717) is 11.1 Å². The van der Waals surface area contributed by atoms with Gasteiger partial charge in [-0.15, -0.1) is 0 Å². The van der Waals surface area contributed by atoms with Crippen LogP contribution in [0.3, 0.4) is 0 Å². The quantitative estimate of drug-likeness (QED) is 0.888. The van der Waals surface area contributed by atoms with Crippen LogP contribution in [0.15, 0.2) is 42.5 Å². The van der Waals surface area contributed by atoms with Gasteiger partial charge in [-0.25, -0.2) is 4.39 Å². The largest absolute Gasteiger partial charge is 0.368 e. The van der Waals surface area contributed by atoms with Gasteiger partial charge in [0.1, 0.15) is 11.9 Å². The van der Waals surface area contributed by atoms with E-state index in [2.05, 4.69) is 5.32 Å². The molecule has 0 heterocycles. The zero-order valence-electron chi connectivity index (χ0n) is 13.1. The molecule has 0 spiro atoms. The zero-order valence-corrected chi connectivity index (χ0v) is 13.1. The summed E-state index contributed by atoms with van der Waals surface area (Å²) < 4.78 is 13.7. The number of carbonyl (C=O) groups excluding carboxylic acids is 2. The summed E-state index contributed by atoms with van der Waals surface area (Å²) in [5.41, 5.74) is 8.01. The molecule has 0 saturated carbocycles. The van der Waals surface area contributed by atoms with Crippen LogP contribution in [0.2, 0.25) is 0 Å². The van der Waals surface area contributed by atoms with E-state index in [0.717, 1.165) is 11.1 Å². The fourth-order valence-corrected chi connectivity index (χ4v) is 2.45. The Balaban J connectivity index is 2.18. The number of amides is 2. The molecule has 1 atom stereocenters. The first kappa shape index (κ1) is 16.7. The Morgan fingerprint density at radius 3 is 2.30 bits per heavy atom. The standard InChI is InChI=1S/C18H19FN2O2/c1-11-7-12(2)9-14(8-11)18(23)21-16(17(20)22)10-13-5-3-4-6-15(13)19/h3-9,16H,10H2,1-2H3,(H2,20,22)(H,21,23)/t16-/m0/s1. The molecule has 0 unspecified atom stereocenters. The average molecular weight is 314 g/mol. The first-order valence-electron chi connectivity index (χ1n) is 7.28. The Kier molecular flexibility index (Phi) is 5.11. The lowest BCUT2D eigenvalue weighted by atomic mass is 10.0. The predicted octanol–water partition coefficient (Wildman–Crippen LogP) is 2.27. The highest BCUT2D eigenvalue weighted by Crippen LogP contribution is 2.12. The number of aryl methyl sites for hydroxylation is 2. The molecule has 23 heavy (non-hydrogen) atoms. The number of nitrogens with two attached hydrogens (primary N) is 1. The Hall–Kier alpha value is -2.69. The van der Waals surface area contributed by atoms with Gasteiger partial charge in [0.25, 0.3) is 5.91 Å². The molecule has 4 nitrogen and oxygen atoms in total. The van der Waals surface area contributed by atoms with Gasteiger partial charge in [-0.05, 0) is 37.6 Å². The highest BCUT2D eigenvalue weighted by atomic mass is 19.1. The van der Waals surface area contributed by atoms with Crippen molar-refractivity contribution >= 4 is 11.8 Å². The van der Waals surface area contributed by atoms with Crippen molar-refractivity contribution in [3.63, 3.8) is 0 Å². The zero-order chi connectivity index (χ0) is 17.0. The number of hydrogen-bond donors (Lipinski definition) is 2. The molecular weight excluding hydrogens is 295 g/mol. The van der Waals surface area contributed by atoms with Crippen LogP contribution in [0, 0.1) is 19.7 Å². The third kappa shape index (κ3) is 4.39. The van der Waals surface area contributed by atoms with E-state index in [-0.39, 0.29) is 6.42 Å². The number of carbonyl (C=O) groups is 2. The Morgan fingerprint density at radius 1 is 1.13 bits per heavy atom. The van der Waals surface area contributed by atoms with Gasteiger partial charge in [-0.2, -0.15) is 0 Å². The molecule has 0 radical (unpaired) electrons. The molecular formula is C18H19FN2O2. The molecule has 0 fully saturated rings. The lowest BCUT2D eigenvalue weighted by molar-refractivity contribution is -0.119. The minimum absolute atomic E-state index is 0.0124. The molecule has 5 heteroatoms. The molecule has 0 aliphatic heterocycles. The third-order valence-electron chi connectivity index (χ3n) is 3.51. The summed E-state index contributed by atoms with van der Waals surface area (Å²) in [6.07, 6.45) is 0.0124. The number of benzene rings is 2. The molecule has 0 aromatic heterocycles. The van der Waals surface area contributed by atoms with Crippen molar-refractivity contribution in [2.75, 3.05) is 0 Å². The van der Waals surface area contributed by atoms with Gasteiger partial charge in [-0.1, -0.05) is 35.4 Å². The molecule has 2 rings (SSSR count). The van der Waals surface area contributed by atoms with Crippen molar-refractivity contribution < 1.29 is 14.0 Å². The second kappa shape index (κ2) is 7.05. The van der Waals surface area contributed by atoms with Gasteiger partial charge in [0.05, 0.1) is 0 Å². The number of halogens is 1. The average Bonchev–Trinajstić information content (AvgIpc) is 2.47. The van der Waals surface area contributed by atoms with E-state index in [4.69, 9.17) is 5.73 Å². The smallest absolute Gasteiger partial charge is 0.251 e. The van der Waals surface area contributed by atoms with Crippen LogP contribution < -0.4 is 11.1 Å². The van der Waals surface area contributed by atoms with Crippen LogP contribution in [-0.2, 0) is 11.2 Å². The number of primary amides is 1. The topological polar surface area (TPSA) is 72.2 Å². The van der Waals surface area contributed by atoms with E-state index in [9.17, 15) is 14.0 Å². The molecule has 0 saturated heterocycles. The fraction of sp³-hybridized carbons (Fsp3) is 0.222. The van der Waals surface area contributed by atoms with E-state index in [1.54, 1.807) is 30.3 Å². The summed E-state index contributed by atoms with van der Waals surface area (Å²) in [7, 11) is 0. The van der Waals surface area contributed by atoms with E-state index < -0.39 is 23.7 Å². The molecule has 0 aliphatic carbocycles. The second-order valence-corrected chi connectivity index (χ2v) is 5.60. The SMILES string of the molecule is Cc1cc(C)cc(C(=O)N[C@@H](Cc2ccccc2F)C(N)=O)c1. The summed E-state index contributed by atoms with van der Waals surface area (Å²) in [6, 6.07) is 10.5. The van der Waals surface area contributed by atoms with Crippen LogP contribution in [0.1, 0.15) is 27.0 Å². The maximum atomic E-state index is 13.7. The Labute approximate surface area is 134 Å². The minimum Gasteiger partial charge on any atom is -0.368 e. The van der Waals surface area contributed by atoms with Crippen molar-refractivity contribution in [3.05, 3.63) is 70.5 Å². The van der Waals surface area contributed by atoms with Crippen LogP contribution >= 0.6 is 0 Å². The lowest BCUT2D eigenvalue weighted by Gasteiger charge is -2.16. The summed E-state index contributed by atoms with van der Waals surface area (Å²) in [6.45, 7) is 3.77. The van der Waals surface area contributed by atoms with Gasteiger partial charge in [0.2, 0.25) is 5.91 Å². The second-order valence-electron chi connectivity index (χ2n) is 5.60. The monoisotopic (exact) mass is 314 g/mol. The van der Waals surface area contributed by atoms with Crippen LogP contribution in [0.5, 0.6) is 0 Å². The van der Waals surface area contributed by atoms with Gasteiger partial charge >= 0.3 is 0 Å². The molecule has 2 aromatic rings. The van der Waals surface area contributed by atoms with Crippen molar-refractivity contribution in [3.8, 4) is 0 Å². The molecule has 2 aromatic carbocycles. The molecule has 0 aliphatic rings. The lowest BCUT2D eigenvalue weighted by Crippen LogP contribution is -2.46. The maximum Gasteiger partial charge on any atom is 0.251 e. The van der Waals surface area contributed by atoms with Gasteiger partial charge in [0.15, 0.2) is 0 Å². The summed E-state index contributed by atoms with van der Waals surface area (Å²) in [5, 5.41) is 2.58. The van der Waals surface area contributed by atoms with Crippen LogP contribution in [0.25, 0.3) is 0 Å². The van der Waals surface area contributed by atoms with E-state index in [1.807, 2.05) is 19.9 Å². The normalized spacial score (nSPS) is 11.8. The van der Waals surface area contributed by atoms with Crippen molar-refractivity contribution in [2.45, 2.75) is 26.3 Å². The predicted molar refractivity (Wildman–Crippen MR) is 86.5 cm³/mol. The molecule has 120 valence electrons. The summed E-state index contributed by atoms with van der Waals surface area (Å²) in [4.78, 5) is 23.9. The number of hydrogen-bond acceptors (Lipinski definition) is 2. The van der Waals surface area contributed by atoms with Crippen molar-refractivity contribution in [1.82, 2.24) is 5.32 Å². The van der Waals surface area contributed by atoms with E-state index in [1.165, 1.54) is 6.07 Å². The van der Waals surface area contributed by atoms with Gasteiger partial charge < -0.3 is 11.1 Å². The highest BCUT2D eigenvalue weighted by molar-refractivity contribution is 5.97. The fourth-order valence-electron chi connectivity index (χ4n) is 2.45. The highest BCUT2D eigenvalue weighted by Gasteiger charge is 2.21. The van der Waals surface area contributed by atoms with Gasteiger partial charge in [0, 0.05) is 12.0 Å². The van der Waals surface area contributed by atoms with E-state index >= 15 is 0 Å². The minimum atomic E-state index is -0.972. The van der Waals surface area contributed by atoms with Gasteiger partial charge in [-0.3, -0.25) is 9.59 Å². The molecule has 3 N–H and O–H groups in total.